The van der Waals surface area contributed by atoms with Gasteiger partial charge in [-0.15, -0.1) is 0 Å². The minimum atomic E-state index is 0. The first-order chi connectivity index (χ1) is 2.89. The molecule has 0 saturated heterocycles. The molecule has 0 atom stereocenters. The zero-order chi connectivity index (χ0) is 4.41. The van der Waals surface area contributed by atoms with Crippen molar-refractivity contribution in [3.63, 3.8) is 0 Å². The zero-order valence-corrected chi connectivity index (χ0v) is 7.53. The first-order valence-electron chi connectivity index (χ1n) is 1.56. The summed E-state index contributed by atoms with van der Waals surface area (Å²) < 4.78 is 0. The summed E-state index contributed by atoms with van der Waals surface area (Å²) in [4.78, 5) is 0. The molecule has 0 bridgehead atoms. The van der Waals surface area contributed by atoms with Crippen LogP contribution in [-0.2, 0) is 32.7 Å². The minimum Gasteiger partial charge on any atom is -0.316 e. The van der Waals surface area contributed by atoms with Crippen LogP contribution in [0.15, 0.2) is 0 Å². The molecule has 0 spiro atoms. The average molecular weight is 188 g/mol. The molecule has 0 aliphatic carbocycles. The molecule has 2 nitrogen and oxygen atoms in total. The van der Waals surface area contributed by atoms with Gasteiger partial charge >= 0.3 is 0 Å². The summed E-state index contributed by atoms with van der Waals surface area (Å²) in [6, 6.07) is 0. The van der Waals surface area contributed by atoms with Gasteiger partial charge in [-0.05, 0) is 5.01 Å². The Kier molecular flexibility index (Phi) is 3.98. The van der Waals surface area contributed by atoms with Crippen LogP contribution in [0.25, 0.3) is 0 Å². The van der Waals surface area contributed by atoms with E-state index in [0.717, 1.165) is 5.01 Å². The first-order valence-corrected chi connectivity index (χ1v) is 2.37. The Bertz CT molecular complexity index is 116. The Labute approximate surface area is 71.2 Å². The fourth-order valence-corrected chi connectivity index (χ4v) is 0.493. The molecule has 1 heterocycles. The molecule has 1 rings (SSSR count). The number of rotatable bonds is 0. The SMILES string of the molecule is Cc1nn[c-]s1.[Y]. The summed E-state index contributed by atoms with van der Waals surface area (Å²) in [5, 5.41) is 8.06. The minimum absolute atomic E-state index is 0. The molecule has 35 valence electrons. The monoisotopic (exact) mass is 188 g/mol. The van der Waals surface area contributed by atoms with Gasteiger partial charge < -0.3 is 11.3 Å². The smallest absolute Gasteiger partial charge is 0 e. The maximum absolute atomic E-state index is 3.63. The standard InChI is InChI=1S/C3H3N2S.Y/c1-3-5-4-2-6-3;/h1H3;/q-1;. The normalized spacial score (nSPS) is 7.57. The number of hydrogen-bond acceptors (Lipinski definition) is 3. The zero-order valence-electron chi connectivity index (χ0n) is 3.88. The van der Waals surface area contributed by atoms with Crippen LogP contribution in [0.1, 0.15) is 5.01 Å². The Morgan fingerprint density at radius 2 is 2.43 bits per heavy atom. The van der Waals surface area contributed by atoms with E-state index >= 15 is 0 Å². The van der Waals surface area contributed by atoms with Gasteiger partial charge in [0.1, 0.15) is 0 Å². The number of hydrogen-bond donors (Lipinski definition) is 0. The third-order valence-electron chi connectivity index (χ3n) is 0.425. The van der Waals surface area contributed by atoms with E-state index in [-0.39, 0.29) is 32.7 Å². The van der Waals surface area contributed by atoms with Crippen molar-refractivity contribution in [1.29, 1.82) is 0 Å². The molecule has 0 aliphatic heterocycles. The van der Waals surface area contributed by atoms with Gasteiger partial charge in [0.2, 0.25) is 0 Å². The molecular formula is C3H3N2SY-. The van der Waals surface area contributed by atoms with Crippen LogP contribution in [0.5, 0.6) is 0 Å². The van der Waals surface area contributed by atoms with E-state index in [0.29, 0.717) is 0 Å². The molecule has 1 radical (unpaired) electrons. The van der Waals surface area contributed by atoms with E-state index in [2.05, 4.69) is 15.7 Å². The number of nitrogens with zero attached hydrogens (tertiary/aromatic N) is 2. The van der Waals surface area contributed by atoms with Crippen molar-refractivity contribution in [2.24, 2.45) is 0 Å². The van der Waals surface area contributed by atoms with Crippen LogP contribution < -0.4 is 0 Å². The molecule has 0 aliphatic rings. The van der Waals surface area contributed by atoms with Gasteiger partial charge in [-0.2, -0.15) is 0 Å². The second-order valence-electron chi connectivity index (χ2n) is 0.912. The van der Waals surface area contributed by atoms with Crippen molar-refractivity contribution in [2.75, 3.05) is 0 Å². The molecule has 1 aromatic rings. The van der Waals surface area contributed by atoms with Crippen molar-refractivity contribution >= 4 is 11.3 Å². The van der Waals surface area contributed by atoms with Gasteiger partial charge in [0.15, 0.2) is 0 Å². The largest absolute Gasteiger partial charge is 0.316 e. The van der Waals surface area contributed by atoms with Gasteiger partial charge in [0, 0.05) is 32.7 Å². The number of aryl methyl sites for hydroxylation is 1. The predicted molar refractivity (Wildman–Crippen MR) is 23.5 cm³/mol. The Morgan fingerprint density at radius 3 is 2.57 bits per heavy atom. The summed E-state index contributed by atoms with van der Waals surface area (Å²) in [6.45, 7) is 1.90. The Balaban J connectivity index is 0.000000360. The van der Waals surface area contributed by atoms with Crippen LogP contribution in [0.2, 0.25) is 0 Å². The van der Waals surface area contributed by atoms with Crippen LogP contribution >= 0.6 is 11.3 Å². The Morgan fingerprint density at radius 1 is 1.71 bits per heavy atom. The van der Waals surface area contributed by atoms with Gasteiger partial charge in [-0.3, -0.25) is 10.2 Å². The van der Waals surface area contributed by atoms with E-state index in [1.54, 1.807) is 0 Å². The third-order valence-corrected chi connectivity index (χ3v) is 0.975. The van der Waals surface area contributed by atoms with Gasteiger partial charge in [-0.1, -0.05) is 12.4 Å². The summed E-state index contributed by atoms with van der Waals surface area (Å²) in [6.07, 6.45) is 0. The van der Waals surface area contributed by atoms with Gasteiger partial charge in [-0.25, -0.2) is 0 Å². The van der Waals surface area contributed by atoms with Gasteiger partial charge in [0.25, 0.3) is 0 Å². The summed E-state index contributed by atoms with van der Waals surface area (Å²) in [5.74, 6) is 0. The van der Waals surface area contributed by atoms with Crippen molar-refractivity contribution in [1.82, 2.24) is 10.2 Å². The number of aromatic nitrogens is 2. The fraction of sp³-hybridized carbons (Fsp3) is 0.333. The molecule has 1 aromatic heterocycles. The Hall–Kier alpha value is 0.664. The van der Waals surface area contributed by atoms with Crippen LogP contribution in [0.4, 0.5) is 0 Å². The second kappa shape index (κ2) is 3.64. The molecule has 0 N–H and O–H groups in total. The van der Waals surface area contributed by atoms with Crippen molar-refractivity contribution in [3.8, 4) is 0 Å². The molecule has 7 heavy (non-hydrogen) atoms. The van der Waals surface area contributed by atoms with E-state index < -0.39 is 0 Å². The van der Waals surface area contributed by atoms with Crippen molar-refractivity contribution < 1.29 is 32.7 Å². The van der Waals surface area contributed by atoms with Crippen LogP contribution in [0, 0.1) is 12.4 Å². The first kappa shape index (κ1) is 7.66. The quantitative estimate of drug-likeness (QED) is 0.558. The fourth-order valence-electron chi connectivity index (χ4n) is 0.198. The summed E-state index contributed by atoms with van der Waals surface area (Å²) in [7, 11) is 0. The van der Waals surface area contributed by atoms with E-state index in [9.17, 15) is 0 Å². The molecule has 4 heteroatoms. The van der Waals surface area contributed by atoms with E-state index in [4.69, 9.17) is 0 Å². The molecular weight excluding hydrogens is 185 g/mol. The molecule has 0 aromatic carbocycles. The van der Waals surface area contributed by atoms with Crippen molar-refractivity contribution in [2.45, 2.75) is 6.92 Å². The van der Waals surface area contributed by atoms with Crippen LogP contribution in [0.3, 0.4) is 0 Å². The van der Waals surface area contributed by atoms with Crippen molar-refractivity contribution in [3.05, 3.63) is 10.5 Å². The molecule has 0 amide bonds. The predicted octanol–water partition coefficient (Wildman–Crippen LogP) is 0.644. The maximum Gasteiger partial charge on any atom is 0 e. The maximum atomic E-state index is 3.63. The third kappa shape index (κ3) is 2.47. The van der Waals surface area contributed by atoms with Crippen LogP contribution in [-0.4, -0.2) is 10.2 Å². The molecule has 0 unspecified atom stereocenters. The average Bonchev–Trinajstić information content (AvgIpc) is 1.86. The van der Waals surface area contributed by atoms with E-state index in [1.165, 1.54) is 11.3 Å². The topological polar surface area (TPSA) is 25.8 Å². The van der Waals surface area contributed by atoms with E-state index in [1.807, 2.05) is 6.92 Å². The molecule has 0 fully saturated rings. The molecule has 0 saturated carbocycles. The second-order valence-corrected chi connectivity index (χ2v) is 1.89. The summed E-state index contributed by atoms with van der Waals surface area (Å²) in [5.41, 5.74) is 2.61. The van der Waals surface area contributed by atoms with Gasteiger partial charge in [0.05, 0.1) is 0 Å². The summed E-state index contributed by atoms with van der Waals surface area (Å²) >= 11 is 1.43.